The SMILES string of the molecule is Cn1c(CNC(=O)[C@H]2C[C@@]23CCc2ccccc23)nc2ccccc21. The molecule has 0 aliphatic heterocycles. The van der Waals surface area contributed by atoms with Crippen LogP contribution in [0.5, 0.6) is 0 Å². The van der Waals surface area contributed by atoms with E-state index in [-0.39, 0.29) is 17.2 Å². The maximum atomic E-state index is 12.7. The van der Waals surface area contributed by atoms with Gasteiger partial charge < -0.3 is 9.88 Å². The van der Waals surface area contributed by atoms with Crippen molar-refractivity contribution < 1.29 is 4.79 Å². The minimum Gasteiger partial charge on any atom is -0.349 e. The van der Waals surface area contributed by atoms with Crippen molar-refractivity contribution in [1.82, 2.24) is 14.9 Å². The minimum atomic E-state index is 0.104. The molecule has 3 aromatic rings. The average molecular weight is 331 g/mol. The molecule has 0 bridgehead atoms. The molecule has 1 amide bonds. The first-order valence-corrected chi connectivity index (χ1v) is 8.95. The highest BCUT2D eigenvalue weighted by Gasteiger charge is 2.61. The molecule has 0 radical (unpaired) electrons. The van der Waals surface area contributed by atoms with E-state index < -0.39 is 0 Å². The van der Waals surface area contributed by atoms with Crippen LogP contribution in [-0.4, -0.2) is 15.5 Å². The number of amides is 1. The lowest BCUT2D eigenvalue weighted by Gasteiger charge is -2.11. The van der Waals surface area contributed by atoms with Crippen LogP contribution < -0.4 is 5.32 Å². The maximum Gasteiger partial charge on any atom is 0.224 e. The summed E-state index contributed by atoms with van der Waals surface area (Å²) in [5.74, 6) is 1.19. The molecule has 5 rings (SSSR count). The molecule has 0 saturated heterocycles. The Morgan fingerprint density at radius 1 is 1.24 bits per heavy atom. The maximum absolute atomic E-state index is 12.7. The number of rotatable bonds is 3. The van der Waals surface area contributed by atoms with Gasteiger partial charge in [-0.15, -0.1) is 0 Å². The predicted octanol–water partition coefficient (Wildman–Crippen LogP) is 3.09. The van der Waals surface area contributed by atoms with E-state index in [1.165, 1.54) is 11.1 Å². The van der Waals surface area contributed by atoms with Crippen LogP contribution in [0.2, 0.25) is 0 Å². The van der Waals surface area contributed by atoms with E-state index in [1.54, 1.807) is 0 Å². The van der Waals surface area contributed by atoms with Gasteiger partial charge in [0.1, 0.15) is 5.82 Å². The zero-order valence-corrected chi connectivity index (χ0v) is 14.3. The van der Waals surface area contributed by atoms with Crippen LogP contribution >= 0.6 is 0 Å². The number of para-hydroxylation sites is 2. The van der Waals surface area contributed by atoms with Crippen LogP contribution in [0.4, 0.5) is 0 Å². The lowest BCUT2D eigenvalue weighted by atomic mass is 9.95. The van der Waals surface area contributed by atoms with E-state index in [9.17, 15) is 4.79 Å². The Bertz CT molecular complexity index is 990. The standard InChI is InChI=1S/C21H21N3O/c1-24-18-9-5-4-8-17(18)23-19(24)13-22-20(25)16-12-21(16)11-10-14-6-2-3-7-15(14)21/h2-9,16H,10-13H2,1H3,(H,22,25)/t16-,21-/m1/s1. The third-order valence-electron chi connectivity index (χ3n) is 6.09. The fourth-order valence-electron chi connectivity index (χ4n) is 4.58. The van der Waals surface area contributed by atoms with Crippen molar-refractivity contribution in [3.8, 4) is 0 Å². The van der Waals surface area contributed by atoms with E-state index >= 15 is 0 Å². The highest BCUT2D eigenvalue weighted by atomic mass is 16.2. The molecule has 1 fully saturated rings. The normalized spacial score (nSPS) is 23.8. The van der Waals surface area contributed by atoms with E-state index in [0.29, 0.717) is 6.54 Å². The van der Waals surface area contributed by atoms with Crippen LogP contribution in [-0.2, 0) is 30.2 Å². The van der Waals surface area contributed by atoms with Crippen molar-refractivity contribution in [3.05, 3.63) is 65.5 Å². The van der Waals surface area contributed by atoms with Gasteiger partial charge in [0.2, 0.25) is 5.91 Å². The molecule has 126 valence electrons. The number of aryl methyl sites for hydroxylation is 2. The number of hydrogen-bond acceptors (Lipinski definition) is 2. The Labute approximate surface area is 146 Å². The number of imidazole rings is 1. The average Bonchev–Trinajstić information content (AvgIpc) is 3.14. The molecule has 1 aromatic heterocycles. The van der Waals surface area contributed by atoms with Gasteiger partial charge in [-0.2, -0.15) is 0 Å². The van der Waals surface area contributed by atoms with E-state index in [0.717, 1.165) is 36.1 Å². The number of carbonyl (C=O) groups is 1. The molecule has 1 saturated carbocycles. The Kier molecular flexibility index (Phi) is 3.05. The molecular weight excluding hydrogens is 310 g/mol. The molecule has 4 heteroatoms. The Morgan fingerprint density at radius 3 is 2.92 bits per heavy atom. The Balaban J connectivity index is 1.32. The first-order chi connectivity index (χ1) is 12.2. The van der Waals surface area contributed by atoms with Gasteiger partial charge in [-0.3, -0.25) is 4.79 Å². The third kappa shape index (κ3) is 2.13. The number of carbonyl (C=O) groups excluding carboxylic acids is 1. The van der Waals surface area contributed by atoms with Crippen LogP contribution in [0.25, 0.3) is 11.0 Å². The quantitative estimate of drug-likeness (QED) is 0.802. The molecule has 2 atom stereocenters. The van der Waals surface area contributed by atoms with Gasteiger partial charge in [0.25, 0.3) is 0 Å². The van der Waals surface area contributed by atoms with Crippen LogP contribution in [0.1, 0.15) is 29.8 Å². The van der Waals surface area contributed by atoms with Gasteiger partial charge in [-0.25, -0.2) is 4.98 Å². The van der Waals surface area contributed by atoms with Crippen molar-refractivity contribution in [3.63, 3.8) is 0 Å². The molecule has 1 heterocycles. The number of nitrogens with zero attached hydrogens (tertiary/aromatic N) is 2. The molecule has 1 spiro atoms. The molecule has 2 aliphatic rings. The van der Waals surface area contributed by atoms with Crippen LogP contribution in [0.3, 0.4) is 0 Å². The zero-order valence-electron chi connectivity index (χ0n) is 14.3. The molecule has 25 heavy (non-hydrogen) atoms. The highest BCUT2D eigenvalue weighted by Crippen LogP contribution is 2.61. The number of nitrogens with one attached hydrogen (secondary N) is 1. The van der Waals surface area contributed by atoms with E-state index in [1.807, 2.05) is 25.2 Å². The smallest absolute Gasteiger partial charge is 0.224 e. The molecule has 2 aliphatic carbocycles. The Hall–Kier alpha value is -2.62. The van der Waals surface area contributed by atoms with Crippen LogP contribution in [0.15, 0.2) is 48.5 Å². The first kappa shape index (κ1) is 14.7. The summed E-state index contributed by atoms with van der Waals surface area (Å²) in [4.78, 5) is 17.4. The summed E-state index contributed by atoms with van der Waals surface area (Å²) >= 11 is 0. The molecule has 4 nitrogen and oxygen atoms in total. The second kappa shape index (κ2) is 5.19. The first-order valence-electron chi connectivity index (χ1n) is 8.95. The Morgan fingerprint density at radius 2 is 2.04 bits per heavy atom. The van der Waals surface area contributed by atoms with Crippen molar-refractivity contribution in [2.75, 3.05) is 0 Å². The summed E-state index contributed by atoms with van der Waals surface area (Å²) in [5.41, 5.74) is 5.00. The number of fused-ring (bicyclic) bond motifs is 3. The van der Waals surface area contributed by atoms with Gasteiger partial charge >= 0.3 is 0 Å². The monoisotopic (exact) mass is 331 g/mol. The predicted molar refractivity (Wildman–Crippen MR) is 97.1 cm³/mol. The number of benzene rings is 2. The largest absolute Gasteiger partial charge is 0.349 e. The summed E-state index contributed by atoms with van der Waals surface area (Å²) in [6, 6.07) is 16.7. The second-order valence-corrected chi connectivity index (χ2v) is 7.36. The third-order valence-corrected chi connectivity index (χ3v) is 6.09. The number of hydrogen-bond donors (Lipinski definition) is 1. The van der Waals surface area contributed by atoms with Crippen molar-refractivity contribution in [2.24, 2.45) is 13.0 Å². The summed E-state index contributed by atoms with van der Waals surface area (Å²) < 4.78 is 2.06. The van der Waals surface area contributed by atoms with Crippen LogP contribution in [0, 0.1) is 5.92 Å². The van der Waals surface area contributed by atoms with Gasteiger partial charge in [0.15, 0.2) is 0 Å². The van der Waals surface area contributed by atoms with Crippen molar-refractivity contribution in [1.29, 1.82) is 0 Å². The highest BCUT2D eigenvalue weighted by molar-refractivity contribution is 5.85. The minimum absolute atomic E-state index is 0.104. The lowest BCUT2D eigenvalue weighted by Crippen LogP contribution is -2.28. The summed E-state index contributed by atoms with van der Waals surface area (Å²) in [6.07, 6.45) is 3.19. The second-order valence-electron chi connectivity index (χ2n) is 7.36. The molecular formula is C21H21N3O. The fraction of sp³-hybridized carbons (Fsp3) is 0.333. The van der Waals surface area contributed by atoms with Crippen molar-refractivity contribution >= 4 is 16.9 Å². The molecule has 0 unspecified atom stereocenters. The molecule has 1 N–H and O–H groups in total. The lowest BCUT2D eigenvalue weighted by molar-refractivity contribution is -0.123. The summed E-state index contributed by atoms with van der Waals surface area (Å²) in [6.45, 7) is 0.484. The summed E-state index contributed by atoms with van der Waals surface area (Å²) in [5, 5.41) is 3.12. The van der Waals surface area contributed by atoms with E-state index in [2.05, 4.69) is 45.2 Å². The topological polar surface area (TPSA) is 46.9 Å². The fourth-order valence-corrected chi connectivity index (χ4v) is 4.58. The van der Waals surface area contributed by atoms with Crippen molar-refractivity contribution in [2.45, 2.75) is 31.2 Å². The van der Waals surface area contributed by atoms with Gasteiger partial charge in [-0.1, -0.05) is 36.4 Å². The van der Waals surface area contributed by atoms with Gasteiger partial charge in [-0.05, 0) is 42.5 Å². The zero-order chi connectivity index (χ0) is 17.0. The summed E-state index contributed by atoms with van der Waals surface area (Å²) in [7, 11) is 2.00. The van der Waals surface area contributed by atoms with Gasteiger partial charge in [0.05, 0.1) is 17.6 Å². The van der Waals surface area contributed by atoms with E-state index in [4.69, 9.17) is 0 Å². The molecule has 2 aromatic carbocycles. The number of aromatic nitrogens is 2. The van der Waals surface area contributed by atoms with Gasteiger partial charge in [0, 0.05) is 18.4 Å².